The Morgan fingerprint density at radius 3 is 2.13 bits per heavy atom. The predicted octanol–water partition coefficient (Wildman–Crippen LogP) is 2.49. The molecule has 0 aromatic carbocycles. The Morgan fingerprint density at radius 1 is 1.27 bits per heavy atom. The van der Waals surface area contributed by atoms with Crippen LogP contribution in [0.1, 0.15) is 46.5 Å². The molecule has 0 saturated heterocycles. The molecule has 1 atom stereocenters. The van der Waals surface area contributed by atoms with E-state index in [0.717, 1.165) is 12.5 Å². The van der Waals surface area contributed by atoms with Crippen LogP contribution in [0, 0.1) is 5.92 Å². The molecule has 1 unspecified atom stereocenters. The van der Waals surface area contributed by atoms with Crippen LogP contribution in [0.25, 0.3) is 0 Å². The minimum absolute atomic E-state index is 0.461. The van der Waals surface area contributed by atoms with Gasteiger partial charge in [-0.05, 0) is 45.7 Å². The lowest BCUT2D eigenvalue weighted by atomic mass is 9.75. The molecular weight excluding hydrogens is 184 g/mol. The van der Waals surface area contributed by atoms with E-state index in [0.29, 0.717) is 11.6 Å². The molecule has 0 bridgehead atoms. The second-order valence-electron chi connectivity index (χ2n) is 5.61. The standard InChI is InChI=1S/C13H28N2/c1-6-12(11(2)3)14-10-13(15(4)5)8-7-9-13/h11-12,14H,6-10H2,1-5H3. The molecule has 2 nitrogen and oxygen atoms in total. The summed E-state index contributed by atoms with van der Waals surface area (Å²) in [6.07, 6.45) is 5.36. The number of nitrogens with one attached hydrogen (secondary N) is 1. The summed E-state index contributed by atoms with van der Waals surface area (Å²) in [7, 11) is 4.44. The highest BCUT2D eigenvalue weighted by Gasteiger charge is 2.38. The van der Waals surface area contributed by atoms with E-state index in [2.05, 4.69) is 45.1 Å². The molecule has 15 heavy (non-hydrogen) atoms. The van der Waals surface area contributed by atoms with Crippen molar-refractivity contribution in [2.75, 3.05) is 20.6 Å². The van der Waals surface area contributed by atoms with E-state index in [4.69, 9.17) is 0 Å². The van der Waals surface area contributed by atoms with E-state index in [-0.39, 0.29) is 0 Å². The van der Waals surface area contributed by atoms with Crippen molar-refractivity contribution in [2.24, 2.45) is 5.92 Å². The monoisotopic (exact) mass is 212 g/mol. The Balaban J connectivity index is 2.40. The van der Waals surface area contributed by atoms with Crippen LogP contribution < -0.4 is 5.32 Å². The van der Waals surface area contributed by atoms with Gasteiger partial charge < -0.3 is 10.2 Å². The largest absolute Gasteiger partial charge is 0.312 e. The summed E-state index contributed by atoms with van der Waals surface area (Å²) in [4.78, 5) is 2.41. The van der Waals surface area contributed by atoms with Crippen LogP contribution in [0.2, 0.25) is 0 Å². The van der Waals surface area contributed by atoms with Crippen LogP contribution in [-0.2, 0) is 0 Å². The highest BCUT2D eigenvalue weighted by molar-refractivity contribution is 4.98. The van der Waals surface area contributed by atoms with E-state index in [1.165, 1.54) is 25.7 Å². The van der Waals surface area contributed by atoms with Crippen molar-refractivity contribution < 1.29 is 0 Å². The van der Waals surface area contributed by atoms with Crippen LogP contribution >= 0.6 is 0 Å². The maximum Gasteiger partial charge on any atom is 0.0328 e. The Kier molecular flexibility index (Phi) is 4.60. The molecule has 0 aliphatic heterocycles. The molecule has 0 aromatic rings. The first kappa shape index (κ1) is 13.0. The van der Waals surface area contributed by atoms with E-state index in [1.807, 2.05) is 0 Å². The van der Waals surface area contributed by atoms with Crippen molar-refractivity contribution >= 4 is 0 Å². The first-order valence-corrected chi connectivity index (χ1v) is 6.42. The van der Waals surface area contributed by atoms with Crippen molar-refractivity contribution in [1.82, 2.24) is 10.2 Å². The molecule has 1 aliphatic carbocycles. The maximum atomic E-state index is 3.75. The quantitative estimate of drug-likeness (QED) is 0.728. The van der Waals surface area contributed by atoms with Crippen LogP contribution in [0.15, 0.2) is 0 Å². The highest BCUT2D eigenvalue weighted by Crippen LogP contribution is 2.35. The van der Waals surface area contributed by atoms with E-state index in [9.17, 15) is 0 Å². The van der Waals surface area contributed by atoms with Crippen LogP contribution in [-0.4, -0.2) is 37.1 Å². The van der Waals surface area contributed by atoms with E-state index >= 15 is 0 Å². The summed E-state index contributed by atoms with van der Waals surface area (Å²) in [5.41, 5.74) is 0.461. The average Bonchev–Trinajstić information content (AvgIpc) is 2.08. The second kappa shape index (κ2) is 5.31. The number of hydrogen-bond acceptors (Lipinski definition) is 2. The van der Waals surface area contributed by atoms with Gasteiger partial charge in [0.15, 0.2) is 0 Å². The van der Waals surface area contributed by atoms with Gasteiger partial charge in [0.05, 0.1) is 0 Å². The third-order valence-electron chi connectivity index (χ3n) is 4.17. The summed E-state index contributed by atoms with van der Waals surface area (Å²) in [5.74, 6) is 0.745. The third kappa shape index (κ3) is 2.94. The number of hydrogen-bond donors (Lipinski definition) is 1. The smallest absolute Gasteiger partial charge is 0.0328 e. The van der Waals surface area contributed by atoms with Crippen molar-refractivity contribution in [3.05, 3.63) is 0 Å². The Bertz CT molecular complexity index is 183. The zero-order valence-electron chi connectivity index (χ0n) is 11.1. The predicted molar refractivity (Wildman–Crippen MR) is 67.2 cm³/mol. The van der Waals surface area contributed by atoms with Gasteiger partial charge >= 0.3 is 0 Å². The minimum Gasteiger partial charge on any atom is -0.312 e. The van der Waals surface area contributed by atoms with Crippen LogP contribution in [0.5, 0.6) is 0 Å². The number of nitrogens with zero attached hydrogens (tertiary/aromatic N) is 1. The lowest BCUT2D eigenvalue weighted by Gasteiger charge is -2.48. The molecule has 1 saturated carbocycles. The zero-order chi connectivity index (χ0) is 11.5. The van der Waals surface area contributed by atoms with Crippen molar-refractivity contribution in [1.29, 1.82) is 0 Å². The molecular formula is C13H28N2. The molecule has 2 heteroatoms. The van der Waals surface area contributed by atoms with Gasteiger partial charge in [-0.25, -0.2) is 0 Å². The third-order valence-corrected chi connectivity index (χ3v) is 4.17. The molecule has 0 radical (unpaired) electrons. The molecule has 90 valence electrons. The Labute approximate surface area is 95.4 Å². The lowest BCUT2D eigenvalue weighted by Crippen LogP contribution is -2.58. The summed E-state index contributed by atoms with van der Waals surface area (Å²) in [5, 5.41) is 3.75. The maximum absolute atomic E-state index is 3.75. The minimum atomic E-state index is 0.461. The summed E-state index contributed by atoms with van der Waals surface area (Å²) < 4.78 is 0. The molecule has 0 amide bonds. The normalized spacial score (nSPS) is 21.8. The van der Waals surface area contributed by atoms with Crippen molar-refractivity contribution in [2.45, 2.75) is 58.0 Å². The van der Waals surface area contributed by atoms with Gasteiger partial charge in [0.25, 0.3) is 0 Å². The van der Waals surface area contributed by atoms with Gasteiger partial charge in [-0.15, -0.1) is 0 Å². The van der Waals surface area contributed by atoms with Gasteiger partial charge in [0.1, 0.15) is 0 Å². The average molecular weight is 212 g/mol. The first-order valence-electron chi connectivity index (χ1n) is 6.42. The molecule has 1 rings (SSSR count). The van der Waals surface area contributed by atoms with Gasteiger partial charge in [-0.3, -0.25) is 0 Å². The van der Waals surface area contributed by atoms with Crippen molar-refractivity contribution in [3.8, 4) is 0 Å². The Morgan fingerprint density at radius 2 is 1.87 bits per heavy atom. The van der Waals surface area contributed by atoms with E-state index in [1.54, 1.807) is 0 Å². The van der Waals surface area contributed by atoms with Gasteiger partial charge in [0, 0.05) is 18.1 Å². The van der Waals surface area contributed by atoms with E-state index < -0.39 is 0 Å². The second-order valence-corrected chi connectivity index (χ2v) is 5.61. The summed E-state index contributed by atoms with van der Waals surface area (Å²) in [6, 6.07) is 0.683. The molecule has 0 spiro atoms. The molecule has 1 N–H and O–H groups in total. The van der Waals surface area contributed by atoms with Gasteiger partial charge in [-0.1, -0.05) is 20.8 Å². The van der Waals surface area contributed by atoms with Gasteiger partial charge in [-0.2, -0.15) is 0 Å². The molecule has 0 aromatic heterocycles. The van der Waals surface area contributed by atoms with Gasteiger partial charge in [0.2, 0.25) is 0 Å². The summed E-state index contributed by atoms with van der Waals surface area (Å²) in [6.45, 7) is 8.06. The lowest BCUT2D eigenvalue weighted by molar-refractivity contribution is 0.0551. The van der Waals surface area contributed by atoms with Crippen LogP contribution in [0.4, 0.5) is 0 Å². The fraction of sp³-hybridized carbons (Fsp3) is 1.00. The summed E-state index contributed by atoms with van der Waals surface area (Å²) >= 11 is 0. The Hall–Kier alpha value is -0.0800. The molecule has 1 aliphatic rings. The van der Waals surface area contributed by atoms with Crippen molar-refractivity contribution in [3.63, 3.8) is 0 Å². The fourth-order valence-corrected chi connectivity index (χ4v) is 2.54. The number of rotatable bonds is 6. The SMILES string of the molecule is CCC(NCC1(N(C)C)CCC1)C(C)C. The van der Waals surface area contributed by atoms with Crippen LogP contribution in [0.3, 0.4) is 0 Å². The number of likely N-dealkylation sites (N-methyl/N-ethyl adjacent to an activating group) is 1. The molecule has 0 heterocycles. The zero-order valence-corrected chi connectivity index (χ0v) is 11.1. The highest BCUT2D eigenvalue weighted by atomic mass is 15.2. The molecule has 1 fully saturated rings. The topological polar surface area (TPSA) is 15.3 Å². The fourth-order valence-electron chi connectivity index (χ4n) is 2.54. The first-order chi connectivity index (χ1) is 7.02.